The summed E-state index contributed by atoms with van der Waals surface area (Å²) in [6.45, 7) is 11.4. The molecule has 1 N–H and O–H groups in total. The van der Waals surface area contributed by atoms with Crippen molar-refractivity contribution in [3.05, 3.63) is 59.7 Å². The van der Waals surface area contributed by atoms with Crippen molar-refractivity contribution in [3.63, 3.8) is 0 Å². The predicted molar refractivity (Wildman–Crippen MR) is 155 cm³/mol. The fourth-order valence-electron chi connectivity index (χ4n) is 8.00. The highest BCUT2D eigenvalue weighted by atomic mass is 16.7. The van der Waals surface area contributed by atoms with Gasteiger partial charge >= 0.3 is 13.1 Å². The molecular weight excluding hydrogens is 501 g/mol. The summed E-state index contributed by atoms with van der Waals surface area (Å²) in [4.78, 5) is 25.7. The average Bonchev–Trinajstić information content (AvgIpc) is 3.44. The fraction of sp³-hybridized carbons (Fsp3) is 0.576. The molecule has 6 nitrogen and oxygen atoms in total. The third kappa shape index (κ3) is 4.69. The van der Waals surface area contributed by atoms with Gasteiger partial charge in [-0.3, -0.25) is 9.59 Å². The first kappa shape index (κ1) is 27.5. The second-order valence-electron chi connectivity index (χ2n) is 13.6. The van der Waals surface area contributed by atoms with Crippen LogP contribution >= 0.6 is 0 Å². The molecule has 0 unspecified atom stereocenters. The van der Waals surface area contributed by atoms with Gasteiger partial charge in [0.1, 0.15) is 6.61 Å². The minimum Gasteiger partial charge on any atom is -0.465 e. The van der Waals surface area contributed by atoms with E-state index in [0.29, 0.717) is 17.8 Å². The second-order valence-corrected chi connectivity index (χ2v) is 13.6. The van der Waals surface area contributed by atoms with Gasteiger partial charge in [0, 0.05) is 12.3 Å². The van der Waals surface area contributed by atoms with Crippen molar-refractivity contribution in [2.45, 2.75) is 90.3 Å². The molecule has 2 aromatic rings. The van der Waals surface area contributed by atoms with Crippen LogP contribution < -0.4 is 5.32 Å². The minimum absolute atomic E-state index is 0.0122. The zero-order valence-corrected chi connectivity index (χ0v) is 24.4. The topological polar surface area (TPSA) is 73.9 Å². The fourth-order valence-corrected chi connectivity index (χ4v) is 8.00. The smallest absolute Gasteiger partial charge is 0.465 e. The zero-order chi connectivity index (χ0) is 28.2. The lowest BCUT2D eigenvalue weighted by molar-refractivity contribution is -0.199. The Morgan fingerprint density at radius 3 is 2.27 bits per heavy atom. The summed E-state index contributed by atoms with van der Waals surface area (Å²) >= 11 is 0. The first-order valence-electron chi connectivity index (χ1n) is 15.0. The summed E-state index contributed by atoms with van der Waals surface area (Å²) < 4.78 is 18.8. The monoisotopic (exact) mass is 543 g/mol. The van der Waals surface area contributed by atoms with Gasteiger partial charge in [-0.2, -0.15) is 0 Å². The molecule has 2 bridgehead atoms. The van der Waals surface area contributed by atoms with Gasteiger partial charge in [0.05, 0.1) is 24.1 Å². The van der Waals surface area contributed by atoms with E-state index in [1.54, 1.807) is 0 Å². The summed E-state index contributed by atoms with van der Waals surface area (Å²) in [6.07, 6.45) is 3.15. The highest BCUT2D eigenvalue weighted by Crippen LogP contribution is 2.65. The molecule has 5 atom stereocenters. The Balaban J connectivity index is 1.03. The maximum absolute atomic E-state index is 13.0. The molecule has 0 aromatic heterocycles. The van der Waals surface area contributed by atoms with E-state index >= 15 is 0 Å². The molecule has 0 radical (unpaired) electrons. The Labute approximate surface area is 238 Å². The van der Waals surface area contributed by atoms with Crippen molar-refractivity contribution in [1.29, 1.82) is 0 Å². The standard InChI is InChI=1S/C33H42BNO5/c1-20(2)16-29(34-39-28-18-21-17-27(32(21,3)4)33(28,5)40-34)35-30(36)14-15-31(37)38-19-26-24-12-8-6-10-22(24)23-11-7-9-13-25(23)26/h6-13,20-21,26-29H,14-19H2,1-5H3,(H,35,36)/t21-,27-,28+,29-,33-/m0/s1. The molecule has 1 aliphatic heterocycles. The number of amides is 1. The van der Waals surface area contributed by atoms with Crippen molar-refractivity contribution in [1.82, 2.24) is 5.32 Å². The zero-order valence-electron chi connectivity index (χ0n) is 24.4. The van der Waals surface area contributed by atoms with E-state index in [1.165, 1.54) is 28.7 Å². The van der Waals surface area contributed by atoms with Crippen LogP contribution in [0.3, 0.4) is 0 Å². The molecule has 5 aliphatic rings. The van der Waals surface area contributed by atoms with Crippen LogP contribution in [0.5, 0.6) is 0 Å². The number of benzene rings is 2. The molecule has 1 saturated heterocycles. The highest BCUT2D eigenvalue weighted by molar-refractivity contribution is 6.47. The van der Waals surface area contributed by atoms with Crippen LogP contribution in [0.2, 0.25) is 0 Å². The minimum atomic E-state index is -0.467. The number of esters is 1. The van der Waals surface area contributed by atoms with Gasteiger partial charge in [-0.05, 0) is 71.6 Å². The normalized spacial score (nSPS) is 28.4. The maximum atomic E-state index is 13.0. The van der Waals surface area contributed by atoms with Crippen LogP contribution in [0.15, 0.2) is 48.5 Å². The van der Waals surface area contributed by atoms with Crippen LogP contribution in [-0.4, -0.2) is 43.2 Å². The lowest BCUT2D eigenvalue weighted by atomic mass is 9.43. The van der Waals surface area contributed by atoms with Crippen LogP contribution in [0.1, 0.15) is 83.8 Å². The number of hydrogen-bond acceptors (Lipinski definition) is 5. The van der Waals surface area contributed by atoms with Gasteiger partial charge in [0.15, 0.2) is 0 Å². The number of nitrogens with one attached hydrogen (secondary N) is 1. The first-order chi connectivity index (χ1) is 19.1. The number of ether oxygens (including phenoxy) is 1. The second kappa shape index (κ2) is 10.3. The van der Waals surface area contributed by atoms with Crippen LogP contribution in [0.25, 0.3) is 11.1 Å². The van der Waals surface area contributed by atoms with E-state index in [9.17, 15) is 9.59 Å². The van der Waals surface area contributed by atoms with Gasteiger partial charge in [-0.1, -0.05) is 76.2 Å². The SMILES string of the molecule is CC(C)C[C@H](NC(=O)CCC(=O)OCC1c2ccccc2-c2ccccc21)B1O[C@@H]2C[C@@H]3C[C@@H](C3(C)C)[C@]2(C)O1. The van der Waals surface area contributed by atoms with E-state index in [1.807, 2.05) is 24.3 Å². The molecule has 2 aromatic carbocycles. The Bertz CT molecular complexity index is 1250. The lowest BCUT2D eigenvalue weighted by Gasteiger charge is -2.64. The van der Waals surface area contributed by atoms with Gasteiger partial charge in [-0.15, -0.1) is 0 Å². The third-order valence-electron chi connectivity index (χ3n) is 10.3. The summed E-state index contributed by atoms with van der Waals surface area (Å²) in [5.74, 6) is 0.740. The number of hydrogen-bond donors (Lipinski definition) is 1. The van der Waals surface area contributed by atoms with E-state index in [4.69, 9.17) is 14.0 Å². The molecule has 7 rings (SSSR count). The van der Waals surface area contributed by atoms with E-state index in [-0.39, 0.29) is 60.3 Å². The molecule has 4 aliphatic carbocycles. The highest BCUT2D eigenvalue weighted by Gasteiger charge is 2.68. The number of fused-ring (bicyclic) bond motifs is 3. The van der Waals surface area contributed by atoms with Crippen LogP contribution in [-0.2, 0) is 23.6 Å². The number of rotatable bonds is 9. The average molecular weight is 544 g/mol. The van der Waals surface area contributed by atoms with Crippen molar-refractivity contribution >= 4 is 19.0 Å². The van der Waals surface area contributed by atoms with E-state index in [0.717, 1.165) is 12.8 Å². The van der Waals surface area contributed by atoms with Gasteiger partial charge in [0.25, 0.3) is 0 Å². The molecule has 0 spiro atoms. The largest absolute Gasteiger partial charge is 0.481 e. The van der Waals surface area contributed by atoms with Gasteiger partial charge in [-0.25, -0.2) is 0 Å². The number of carbonyl (C=O) groups excluding carboxylic acids is 2. The third-order valence-corrected chi connectivity index (χ3v) is 10.3. The molecule has 1 amide bonds. The van der Waals surface area contributed by atoms with Crippen molar-refractivity contribution in [3.8, 4) is 11.1 Å². The number of carbonyl (C=O) groups is 2. The Morgan fingerprint density at radius 2 is 1.65 bits per heavy atom. The molecule has 4 fully saturated rings. The van der Waals surface area contributed by atoms with Crippen molar-refractivity contribution < 1.29 is 23.6 Å². The molecule has 3 saturated carbocycles. The molecule has 1 heterocycles. The van der Waals surface area contributed by atoms with E-state index in [2.05, 4.69) is 64.2 Å². The first-order valence-corrected chi connectivity index (χ1v) is 15.0. The molecule has 212 valence electrons. The van der Waals surface area contributed by atoms with Crippen LogP contribution in [0, 0.1) is 23.2 Å². The van der Waals surface area contributed by atoms with Crippen molar-refractivity contribution in [2.75, 3.05) is 6.61 Å². The van der Waals surface area contributed by atoms with Gasteiger partial charge < -0.3 is 19.4 Å². The Kier molecular flexibility index (Phi) is 7.11. The maximum Gasteiger partial charge on any atom is 0.481 e. The van der Waals surface area contributed by atoms with E-state index < -0.39 is 7.12 Å². The van der Waals surface area contributed by atoms with Crippen LogP contribution in [0.4, 0.5) is 0 Å². The van der Waals surface area contributed by atoms with Gasteiger partial charge in [0.2, 0.25) is 5.91 Å². The molecule has 40 heavy (non-hydrogen) atoms. The van der Waals surface area contributed by atoms with Crippen molar-refractivity contribution in [2.24, 2.45) is 23.2 Å². The Hall–Kier alpha value is -2.64. The summed E-state index contributed by atoms with van der Waals surface area (Å²) in [5, 5.41) is 3.15. The quantitative estimate of drug-likeness (QED) is 0.314. The molecule has 7 heteroatoms. The summed E-state index contributed by atoms with van der Waals surface area (Å²) in [5.41, 5.74) is 4.70. The Morgan fingerprint density at radius 1 is 1.00 bits per heavy atom. The molecular formula is C33H42BNO5. The summed E-state index contributed by atoms with van der Waals surface area (Å²) in [6, 6.07) is 16.6. The predicted octanol–water partition coefficient (Wildman–Crippen LogP) is 5.92. The summed E-state index contributed by atoms with van der Waals surface area (Å²) in [7, 11) is -0.467. The lowest BCUT2D eigenvalue weighted by Crippen LogP contribution is -2.65.